The van der Waals surface area contributed by atoms with E-state index in [1.165, 1.54) is 16.2 Å². The molecule has 204 valence electrons. The molecule has 0 saturated heterocycles. The van der Waals surface area contributed by atoms with Crippen molar-refractivity contribution in [1.82, 2.24) is 15.1 Å². The van der Waals surface area contributed by atoms with Crippen LogP contribution in [0.3, 0.4) is 0 Å². The molecule has 1 aliphatic carbocycles. The molecule has 9 nitrogen and oxygen atoms in total. The Morgan fingerprint density at radius 3 is 2.62 bits per heavy atom. The fourth-order valence-corrected chi connectivity index (χ4v) is 5.56. The lowest BCUT2D eigenvalue weighted by atomic mass is 9.84. The number of aliphatic carboxylic acids is 1. The summed E-state index contributed by atoms with van der Waals surface area (Å²) in [6.45, 7) is 8.64. The Morgan fingerprint density at radius 2 is 1.95 bits per heavy atom. The van der Waals surface area contributed by atoms with E-state index < -0.39 is 30.3 Å². The molecule has 1 atom stereocenters. The van der Waals surface area contributed by atoms with Crippen LogP contribution in [0.15, 0.2) is 36.4 Å². The molecule has 39 heavy (non-hydrogen) atoms. The largest absolute Gasteiger partial charge is 0.490 e. The molecule has 0 saturated carbocycles. The maximum Gasteiger partial charge on any atom is 0.411 e. The number of nitrogens with zero attached hydrogens (tertiary/aromatic N) is 4. The minimum atomic E-state index is -1.10. The highest BCUT2D eigenvalue weighted by Gasteiger charge is 2.34. The Hall–Kier alpha value is -3.97. The van der Waals surface area contributed by atoms with Crippen LogP contribution < -0.4 is 4.74 Å². The van der Waals surface area contributed by atoms with Crippen LogP contribution in [-0.4, -0.2) is 50.5 Å². The third-order valence-electron chi connectivity index (χ3n) is 6.15. The number of hydrogen-bond acceptors (Lipinski definition) is 8. The molecule has 1 heterocycles. The van der Waals surface area contributed by atoms with Crippen LogP contribution in [0.5, 0.6) is 5.75 Å². The average Bonchev–Trinajstić information content (AvgIpc) is 3.35. The van der Waals surface area contributed by atoms with E-state index in [1.807, 2.05) is 38.1 Å². The Balaban J connectivity index is 1.68. The number of ether oxygens (including phenoxy) is 2. The van der Waals surface area contributed by atoms with Crippen molar-refractivity contribution in [3.63, 3.8) is 0 Å². The molecule has 0 radical (unpaired) electrons. The lowest BCUT2D eigenvalue weighted by Gasteiger charge is -2.36. The molecular formula is C29H32N4O5S. The first-order valence-corrected chi connectivity index (χ1v) is 13.7. The van der Waals surface area contributed by atoms with E-state index in [4.69, 9.17) is 9.47 Å². The fraction of sp³-hybridized carbons (Fsp3) is 0.414. The van der Waals surface area contributed by atoms with Gasteiger partial charge in [-0.25, -0.2) is 4.79 Å². The molecule has 0 unspecified atom stereocenters. The van der Waals surface area contributed by atoms with E-state index in [9.17, 15) is 20.0 Å². The topological polar surface area (TPSA) is 126 Å². The lowest BCUT2D eigenvalue weighted by molar-refractivity contribution is -0.139. The summed E-state index contributed by atoms with van der Waals surface area (Å²) >= 11 is 1.41. The average molecular weight is 549 g/mol. The Labute approximate surface area is 232 Å². The van der Waals surface area contributed by atoms with Crippen molar-refractivity contribution in [1.29, 1.82) is 5.26 Å². The van der Waals surface area contributed by atoms with E-state index in [1.54, 1.807) is 32.9 Å². The van der Waals surface area contributed by atoms with Crippen LogP contribution in [0.1, 0.15) is 70.2 Å². The summed E-state index contributed by atoms with van der Waals surface area (Å²) in [6, 6.07) is 13.0. The van der Waals surface area contributed by atoms with Gasteiger partial charge in [0.05, 0.1) is 17.7 Å². The summed E-state index contributed by atoms with van der Waals surface area (Å²) in [5.41, 5.74) is 3.27. The number of benzene rings is 2. The predicted molar refractivity (Wildman–Crippen MR) is 148 cm³/mol. The molecular weight excluding hydrogens is 516 g/mol. The van der Waals surface area contributed by atoms with Crippen LogP contribution >= 0.6 is 11.3 Å². The molecule has 3 aromatic rings. The number of rotatable bonds is 7. The minimum Gasteiger partial charge on any atom is -0.490 e. The van der Waals surface area contributed by atoms with E-state index in [0.29, 0.717) is 27.7 Å². The van der Waals surface area contributed by atoms with Crippen molar-refractivity contribution < 1.29 is 24.2 Å². The number of fused-ring (bicyclic) bond motifs is 1. The quantitative estimate of drug-likeness (QED) is 0.368. The second-order valence-electron chi connectivity index (χ2n) is 10.7. The molecule has 0 fully saturated rings. The lowest BCUT2D eigenvalue weighted by Crippen LogP contribution is -2.43. The third kappa shape index (κ3) is 6.55. The van der Waals surface area contributed by atoms with Crippen molar-refractivity contribution in [2.75, 3.05) is 6.54 Å². The van der Waals surface area contributed by atoms with Crippen LogP contribution in [0.4, 0.5) is 4.79 Å². The molecule has 1 aliphatic rings. The molecule has 0 spiro atoms. The van der Waals surface area contributed by atoms with E-state index in [2.05, 4.69) is 16.3 Å². The fourth-order valence-electron chi connectivity index (χ4n) is 4.67. The first-order chi connectivity index (χ1) is 18.5. The third-order valence-corrected chi connectivity index (χ3v) is 7.16. The number of carbonyl (C=O) groups excluding carboxylic acids is 1. The number of carbonyl (C=O) groups is 2. The van der Waals surface area contributed by atoms with Crippen molar-refractivity contribution in [2.45, 2.75) is 71.6 Å². The van der Waals surface area contributed by atoms with E-state index in [0.717, 1.165) is 35.1 Å². The highest BCUT2D eigenvalue weighted by atomic mass is 32.1. The Morgan fingerprint density at radius 1 is 1.21 bits per heavy atom. The second-order valence-corrected chi connectivity index (χ2v) is 11.7. The first kappa shape index (κ1) is 28.0. The predicted octanol–water partition coefficient (Wildman–Crippen LogP) is 6.23. The number of carboxylic acid groups (broad SMARTS) is 1. The maximum atomic E-state index is 13.0. The molecule has 2 aromatic carbocycles. The van der Waals surface area contributed by atoms with Gasteiger partial charge in [-0.15, -0.1) is 10.2 Å². The number of carboxylic acids is 1. The Kier molecular flexibility index (Phi) is 8.21. The molecule has 4 rings (SSSR count). The van der Waals surface area contributed by atoms with Gasteiger partial charge in [-0.3, -0.25) is 9.69 Å². The normalized spacial score (nSPS) is 14.8. The monoisotopic (exact) mass is 548 g/mol. The van der Waals surface area contributed by atoms with E-state index in [-0.39, 0.29) is 6.10 Å². The molecule has 0 bridgehead atoms. The van der Waals surface area contributed by atoms with Crippen LogP contribution in [-0.2, 0) is 16.0 Å². The van der Waals surface area contributed by atoms with E-state index >= 15 is 0 Å². The van der Waals surface area contributed by atoms with Crippen LogP contribution in [0.25, 0.3) is 21.1 Å². The van der Waals surface area contributed by atoms with Gasteiger partial charge in [-0.05, 0) is 83.2 Å². The van der Waals surface area contributed by atoms with Crippen molar-refractivity contribution in [2.24, 2.45) is 0 Å². The molecule has 0 aliphatic heterocycles. The number of nitriles is 1. The summed E-state index contributed by atoms with van der Waals surface area (Å²) in [7, 11) is 0. The number of hydrogen-bond donors (Lipinski definition) is 1. The van der Waals surface area contributed by atoms with Gasteiger partial charge in [0.15, 0.2) is 0 Å². The van der Waals surface area contributed by atoms with Crippen molar-refractivity contribution >= 4 is 23.4 Å². The molecule has 1 N–H and O–H groups in total. The minimum absolute atomic E-state index is 0.0501. The van der Waals surface area contributed by atoms with Crippen LogP contribution in [0.2, 0.25) is 0 Å². The summed E-state index contributed by atoms with van der Waals surface area (Å²) in [5, 5.41) is 29.4. The molecule has 10 heteroatoms. The smallest absolute Gasteiger partial charge is 0.411 e. The van der Waals surface area contributed by atoms with Gasteiger partial charge < -0.3 is 14.6 Å². The zero-order chi connectivity index (χ0) is 28.3. The summed E-state index contributed by atoms with van der Waals surface area (Å²) < 4.78 is 11.3. The zero-order valence-electron chi connectivity index (χ0n) is 22.7. The molecule has 1 aromatic heterocycles. The van der Waals surface area contributed by atoms with Gasteiger partial charge in [-0.2, -0.15) is 5.26 Å². The number of amides is 1. The second kappa shape index (κ2) is 11.4. The van der Waals surface area contributed by atoms with Gasteiger partial charge >= 0.3 is 12.1 Å². The van der Waals surface area contributed by atoms with Crippen molar-refractivity contribution in [3.05, 3.63) is 53.1 Å². The Bertz CT molecular complexity index is 1420. The SMILES string of the molecule is CC(C)Oc1ccc(-c2nnc(-c3cccc4c3CCC[C@@H]4N(CC(=O)O)C(=O)OC(C)(C)C)s2)cc1C#N. The number of aromatic nitrogens is 2. The summed E-state index contributed by atoms with van der Waals surface area (Å²) in [5.74, 6) is -0.570. The van der Waals surface area contributed by atoms with Gasteiger partial charge in [0.1, 0.15) is 34.0 Å². The van der Waals surface area contributed by atoms with Gasteiger partial charge in [-0.1, -0.05) is 29.5 Å². The van der Waals surface area contributed by atoms with Crippen molar-refractivity contribution in [3.8, 4) is 33.0 Å². The van der Waals surface area contributed by atoms with Gasteiger partial charge in [0.25, 0.3) is 0 Å². The van der Waals surface area contributed by atoms with Gasteiger partial charge in [0, 0.05) is 11.1 Å². The zero-order valence-corrected chi connectivity index (χ0v) is 23.5. The summed E-state index contributed by atoms with van der Waals surface area (Å²) in [4.78, 5) is 26.0. The molecule has 1 amide bonds. The summed E-state index contributed by atoms with van der Waals surface area (Å²) in [6.07, 6.45) is 1.48. The highest BCUT2D eigenvalue weighted by Crippen LogP contribution is 2.41. The van der Waals surface area contributed by atoms with Crippen LogP contribution in [0, 0.1) is 11.3 Å². The standard InChI is InChI=1S/C29H32N4O5S/c1-17(2)37-24-13-12-18(14-19(24)15-30)26-31-32-27(39-26)22-10-6-9-21-20(22)8-7-11-23(21)33(16-25(34)35)28(36)38-29(3,4)5/h6,9-10,12-14,17,23H,7-8,11,16H2,1-5H3,(H,34,35)/t23-/m0/s1. The van der Waals surface area contributed by atoms with Gasteiger partial charge in [0.2, 0.25) is 0 Å². The first-order valence-electron chi connectivity index (χ1n) is 12.8. The maximum absolute atomic E-state index is 13.0. The highest BCUT2D eigenvalue weighted by molar-refractivity contribution is 7.17.